The van der Waals surface area contributed by atoms with Crippen LogP contribution in [0.1, 0.15) is 24.7 Å². The minimum Gasteiger partial charge on any atom is -0.481 e. The Morgan fingerprint density at radius 2 is 2.31 bits per heavy atom. The van der Waals surface area contributed by atoms with Crippen molar-refractivity contribution in [1.82, 2.24) is 15.1 Å². The second-order valence-corrected chi connectivity index (χ2v) is 3.88. The summed E-state index contributed by atoms with van der Waals surface area (Å²) in [6.45, 7) is 2.96. The predicted molar refractivity (Wildman–Crippen MR) is 61.6 cm³/mol. The van der Waals surface area contributed by atoms with E-state index in [2.05, 4.69) is 10.4 Å². The fourth-order valence-corrected chi connectivity index (χ4v) is 1.77. The van der Waals surface area contributed by atoms with Crippen LogP contribution in [0.4, 0.5) is 0 Å². The van der Waals surface area contributed by atoms with E-state index in [9.17, 15) is 4.79 Å². The molecule has 0 bridgehead atoms. The lowest BCUT2D eigenvalue weighted by molar-refractivity contribution is -0.136. The molecule has 0 aromatic carbocycles. The van der Waals surface area contributed by atoms with Crippen molar-refractivity contribution in [2.45, 2.75) is 26.3 Å². The Labute approximate surface area is 99.4 Å². The van der Waals surface area contributed by atoms with Gasteiger partial charge in [-0.1, -0.05) is 18.5 Å². The molecule has 0 fully saturated rings. The van der Waals surface area contributed by atoms with Crippen LogP contribution in [0, 0.1) is 0 Å². The molecule has 0 unspecified atom stereocenters. The Hall–Kier alpha value is -1.07. The van der Waals surface area contributed by atoms with Crippen LogP contribution in [0.5, 0.6) is 0 Å². The standard InChI is InChI=1S/C10H16ClN3O2/c1-3-7-10(11)8(14(2)13-7)6-12-5-4-9(15)16/h12H,3-6H2,1-2H3,(H,15,16). The lowest BCUT2D eigenvalue weighted by Gasteiger charge is -2.04. The van der Waals surface area contributed by atoms with Crippen molar-refractivity contribution in [2.24, 2.45) is 7.05 Å². The van der Waals surface area contributed by atoms with E-state index in [0.29, 0.717) is 18.1 Å². The van der Waals surface area contributed by atoms with Gasteiger partial charge in [0.25, 0.3) is 0 Å². The molecular formula is C10H16ClN3O2. The molecular weight excluding hydrogens is 230 g/mol. The number of carbonyl (C=O) groups is 1. The number of carboxylic acid groups (broad SMARTS) is 1. The number of halogens is 1. The highest BCUT2D eigenvalue weighted by Crippen LogP contribution is 2.20. The summed E-state index contributed by atoms with van der Waals surface area (Å²) >= 11 is 6.13. The molecule has 0 aliphatic heterocycles. The minimum atomic E-state index is -0.808. The summed E-state index contributed by atoms with van der Waals surface area (Å²) in [5.74, 6) is -0.808. The Morgan fingerprint density at radius 1 is 1.62 bits per heavy atom. The molecule has 0 saturated heterocycles. The van der Waals surface area contributed by atoms with Crippen LogP contribution in [0.3, 0.4) is 0 Å². The van der Waals surface area contributed by atoms with Crippen molar-refractivity contribution < 1.29 is 9.90 Å². The summed E-state index contributed by atoms with van der Waals surface area (Å²) in [5, 5.41) is 16.4. The van der Waals surface area contributed by atoms with E-state index < -0.39 is 5.97 Å². The van der Waals surface area contributed by atoms with Gasteiger partial charge in [-0.05, 0) is 6.42 Å². The number of aromatic nitrogens is 2. The number of carboxylic acids is 1. The SMILES string of the molecule is CCc1nn(C)c(CNCCC(=O)O)c1Cl. The molecule has 6 heteroatoms. The molecule has 1 aromatic rings. The van der Waals surface area contributed by atoms with Crippen molar-refractivity contribution in [3.05, 3.63) is 16.4 Å². The smallest absolute Gasteiger partial charge is 0.304 e. The third-order valence-electron chi connectivity index (χ3n) is 2.31. The highest BCUT2D eigenvalue weighted by molar-refractivity contribution is 6.31. The predicted octanol–water partition coefficient (Wildman–Crippen LogP) is 1.20. The number of aliphatic carboxylic acids is 1. The van der Waals surface area contributed by atoms with E-state index in [0.717, 1.165) is 17.8 Å². The first-order chi connectivity index (χ1) is 7.56. The van der Waals surface area contributed by atoms with Crippen LogP contribution in [0.15, 0.2) is 0 Å². The fraction of sp³-hybridized carbons (Fsp3) is 0.600. The number of rotatable bonds is 6. The van der Waals surface area contributed by atoms with E-state index in [1.807, 2.05) is 14.0 Å². The topological polar surface area (TPSA) is 67.2 Å². The molecule has 1 heterocycles. The summed E-state index contributed by atoms with van der Waals surface area (Å²) < 4.78 is 1.73. The Kier molecular flexibility index (Phi) is 4.76. The Bertz CT molecular complexity index is 376. The van der Waals surface area contributed by atoms with Crippen LogP contribution < -0.4 is 5.32 Å². The van der Waals surface area contributed by atoms with Gasteiger partial charge in [0.15, 0.2) is 0 Å². The number of aryl methyl sites for hydroxylation is 2. The highest BCUT2D eigenvalue weighted by atomic mass is 35.5. The summed E-state index contributed by atoms with van der Waals surface area (Å²) in [6, 6.07) is 0. The van der Waals surface area contributed by atoms with E-state index >= 15 is 0 Å². The zero-order valence-electron chi connectivity index (χ0n) is 9.46. The molecule has 2 N–H and O–H groups in total. The molecule has 0 radical (unpaired) electrons. The maximum atomic E-state index is 10.3. The van der Waals surface area contributed by atoms with Gasteiger partial charge in [0.2, 0.25) is 0 Å². The van der Waals surface area contributed by atoms with Crippen molar-refractivity contribution in [1.29, 1.82) is 0 Å². The third-order valence-corrected chi connectivity index (χ3v) is 2.75. The molecule has 16 heavy (non-hydrogen) atoms. The van der Waals surface area contributed by atoms with Gasteiger partial charge in [-0.15, -0.1) is 0 Å². The monoisotopic (exact) mass is 245 g/mol. The number of hydrogen-bond acceptors (Lipinski definition) is 3. The van der Waals surface area contributed by atoms with Crippen molar-refractivity contribution >= 4 is 17.6 Å². The molecule has 90 valence electrons. The second-order valence-electron chi connectivity index (χ2n) is 3.51. The first kappa shape index (κ1) is 13.0. The van der Waals surface area contributed by atoms with Crippen LogP contribution >= 0.6 is 11.6 Å². The summed E-state index contributed by atoms with van der Waals surface area (Å²) in [6.07, 6.45) is 0.901. The molecule has 0 atom stereocenters. The molecule has 0 saturated carbocycles. The maximum Gasteiger partial charge on any atom is 0.304 e. The minimum absolute atomic E-state index is 0.107. The average Bonchev–Trinajstić information content (AvgIpc) is 2.50. The number of hydrogen-bond donors (Lipinski definition) is 2. The molecule has 0 spiro atoms. The molecule has 0 aliphatic rings. The maximum absolute atomic E-state index is 10.3. The lowest BCUT2D eigenvalue weighted by Crippen LogP contribution is -2.19. The van der Waals surface area contributed by atoms with Gasteiger partial charge < -0.3 is 10.4 Å². The van der Waals surface area contributed by atoms with E-state index in [1.165, 1.54) is 0 Å². The zero-order chi connectivity index (χ0) is 12.1. The third kappa shape index (κ3) is 3.21. The largest absolute Gasteiger partial charge is 0.481 e. The Balaban J connectivity index is 2.53. The van der Waals surface area contributed by atoms with Crippen LogP contribution in [0.25, 0.3) is 0 Å². The van der Waals surface area contributed by atoms with E-state index in [4.69, 9.17) is 16.7 Å². The van der Waals surface area contributed by atoms with Gasteiger partial charge >= 0.3 is 5.97 Å². The summed E-state index contributed by atoms with van der Waals surface area (Å²) in [5.41, 5.74) is 1.77. The number of nitrogens with zero attached hydrogens (tertiary/aromatic N) is 2. The van der Waals surface area contributed by atoms with Crippen LogP contribution in [0.2, 0.25) is 5.02 Å². The number of nitrogens with one attached hydrogen (secondary N) is 1. The van der Waals surface area contributed by atoms with Gasteiger partial charge in [0, 0.05) is 20.1 Å². The first-order valence-electron chi connectivity index (χ1n) is 5.19. The van der Waals surface area contributed by atoms with Crippen molar-refractivity contribution in [2.75, 3.05) is 6.54 Å². The molecule has 1 aromatic heterocycles. The lowest BCUT2D eigenvalue weighted by atomic mass is 10.3. The van der Waals surface area contributed by atoms with Gasteiger partial charge in [0.1, 0.15) is 0 Å². The molecule has 5 nitrogen and oxygen atoms in total. The van der Waals surface area contributed by atoms with Gasteiger partial charge in [-0.3, -0.25) is 9.48 Å². The van der Waals surface area contributed by atoms with Crippen LogP contribution in [-0.4, -0.2) is 27.4 Å². The van der Waals surface area contributed by atoms with Crippen molar-refractivity contribution in [3.8, 4) is 0 Å². The quantitative estimate of drug-likeness (QED) is 0.739. The molecule has 0 aliphatic carbocycles. The molecule has 0 amide bonds. The summed E-state index contributed by atoms with van der Waals surface area (Å²) in [4.78, 5) is 10.3. The van der Waals surface area contributed by atoms with Gasteiger partial charge in [-0.25, -0.2) is 0 Å². The normalized spacial score (nSPS) is 10.7. The highest BCUT2D eigenvalue weighted by Gasteiger charge is 2.12. The van der Waals surface area contributed by atoms with E-state index in [-0.39, 0.29) is 6.42 Å². The summed E-state index contributed by atoms with van der Waals surface area (Å²) in [7, 11) is 1.83. The zero-order valence-corrected chi connectivity index (χ0v) is 10.2. The fourth-order valence-electron chi connectivity index (χ4n) is 1.41. The van der Waals surface area contributed by atoms with Gasteiger partial charge in [-0.2, -0.15) is 5.10 Å². The van der Waals surface area contributed by atoms with Crippen LogP contribution in [-0.2, 0) is 24.8 Å². The van der Waals surface area contributed by atoms with Crippen molar-refractivity contribution in [3.63, 3.8) is 0 Å². The molecule has 1 rings (SSSR count). The second kappa shape index (κ2) is 5.86. The Morgan fingerprint density at radius 3 is 2.81 bits per heavy atom. The first-order valence-corrected chi connectivity index (χ1v) is 5.56. The van der Waals surface area contributed by atoms with E-state index in [1.54, 1.807) is 4.68 Å². The van der Waals surface area contributed by atoms with Gasteiger partial charge in [0.05, 0.1) is 22.8 Å². The average molecular weight is 246 g/mol.